The van der Waals surface area contributed by atoms with E-state index in [0.717, 1.165) is 13.0 Å². The van der Waals surface area contributed by atoms with Gasteiger partial charge in [-0.05, 0) is 19.5 Å². The number of aromatic nitrogens is 2. The van der Waals surface area contributed by atoms with Crippen molar-refractivity contribution in [1.82, 2.24) is 14.7 Å². The highest BCUT2D eigenvalue weighted by Crippen LogP contribution is 2.28. The van der Waals surface area contributed by atoms with E-state index in [9.17, 15) is 0 Å². The molecule has 1 aliphatic rings. The number of likely N-dealkylation sites (tertiary alicyclic amines) is 1. The second kappa shape index (κ2) is 3.12. The van der Waals surface area contributed by atoms with E-state index >= 15 is 0 Å². The molecule has 4 heteroatoms. The zero-order valence-corrected chi connectivity index (χ0v) is 8.14. The highest BCUT2D eigenvalue weighted by atomic mass is 15.3. The molecule has 0 amide bonds. The zero-order valence-electron chi connectivity index (χ0n) is 8.14. The Morgan fingerprint density at radius 2 is 2.31 bits per heavy atom. The van der Waals surface area contributed by atoms with Gasteiger partial charge >= 0.3 is 0 Å². The summed E-state index contributed by atoms with van der Waals surface area (Å²) in [6.45, 7) is 0.982. The number of rotatable bonds is 1. The number of likely N-dealkylation sites (N-methyl/N-ethyl adjacent to an activating group) is 1. The molecule has 2 unspecified atom stereocenters. The van der Waals surface area contributed by atoms with Crippen LogP contribution in [0.1, 0.15) is 18.2 Å². The van der Waals surface area contributed by atoms with Crippen LogP contribution < -0.4 is 5.73 Å². The first-order valence-electron chi connectivity index (χ1n) is 4.62. The summed E-state index contributed by atoms with van der Waals surface area (Å²) in [5.41, 5.74) is 7.16. The summed E-state index contributed by atoms with van der Waals surface area (Å²) < 4.78 is 1.93. The standard InChI is InChI=1S/C9H16N4/c1-12-6-7(10)5-9(12)8-3-4-11-13(8)2/h3-4,7,9H,5-6,10H2,1-2H3. The minimum absolute atomic E-state index is 0.310. The van der Waals surface area contributed by atoms with Crippen molar-refractivity contribution in [2.24, 2.45) is 12.8 Å². The van der Waals surface area contributed by atoms with Gasteiger partial charge in [0.15, 0.2) is 0 Å². The molecule has 13 heavy (non-hydrogen) atoms. The van der Waals surface area contributed by atoms with Gasteiger partial charge in [0, 0.05) is 25.8 Å². The fourth-order valence-electron chi connectivity index (χ4n) is 2.10. The monoisotopic (exact) mass is 180 g/mol. The lowest BCUT2D eigenvalue weighted by atomic mass is 10.1. The van der Waals surface area contributed by atoms with Crippen LogP contribution in [-0.4, -0.2) is 34.3 Å². The highest BCUT2D eigenvalue weighted by molar-refractivity contribution is 5.10. The van der Waals surface area contributed by atoms with Gasteiger partial charge in [0.2, 0.25) is 0 Å². The van der Waals surface area contributed by atoms with Gasteiger partial charge in [-0.1, -0.05) is 0 Å². The average molecular weight is 180 g/mol. The van der Waals surface area contributed by atoms with E-state index in [1.165, 1.54) is 5.69 Å². The third-order valence-corrected chi connectivity index (χ3v) is 2.78. The second-order valence-corrected chi connectivity index (χ2v) is 3.83. The lowest BCUT2D eigenvalue weighted by Crippen LogP contribution is -2.24. The maximum Gasteiger partial charge on any atom is 0.0552 e. The summed E-state index contributed by atoms with van der Waals surface area (Å²) in [5, 5.41) is 4.17. The lowest BCUT2D eigenvalue weighted by Gasteiger charge is -2.18. The third kappa shape index (κ3) is 1.47. The molecule has 2 atom stereocenters. The van der Waals surface area contributed by atoms with E-state index < -0.39 is 0 Å². The molecule has 0 radical (unpaired) electrons. The normalized spacial score (nSPS) is 29.8. The Kier molecular flexibility index (Phi) is 2.09. The van der Waals surface area contributed by atoms with Crippen LogP contribution in [0.2, 0.25) is 0 Å². The van der Waals surface area contributed by atoms with E-state index in [1.54, 1.807) is 0 Å². The molecular formula is C9H16N4. The molecule has 72 valence electrons. The third-order valence-electron chi connectivity index (χ3n) is 2.78. The molecule has 2 heterocycles. The van der Waals surface area contributed by atoms with Crippen molar-refractivity contribution in [3.8, 4) is 0 Å². The molecule has 0 aliphatic carbocycles. The summed E-state index contributed by atoms with van der Waals surface area (Å²) >= 11 is 0. The van der Waals surface area contributed by atoms with Gasteiger partial charge in [-0.15, -0.1) is 0 Å². The molecule has 0 bridgehead atoms. The van der Waals surface area contributed by atoms with Crippen molar-refractivity contribution in [2.75, 3.05) is 13.6 Å². The Hall–Kier alpha value is -0.870. The van der Waals surface area contributed by atoms with E-state index in [0.29, 0.717) is 12.1 Å². The van der Waals surface area contributed by atoms with Crippen LogP contribution in [0.3, 0.4) is 0 Å². The number of nitrogens with zero attached hydrogens (tertiary/aromatic N) is 3. The fourth-order valence-corrected chi connectivity index (χ4v) is 2.10. The van der Waals surface area contributed by atoms with Crippen LogP contribution in [0.15, 0.2) is 12.3 Å². The van der Waals surface area contributed by atoms with E-state index in [-0.39, 0.29) is 0 Å². The van der Waals surface area contributed by atoms with Crippen LogP contribution in [0.25, 0.3) is 0 Å². The largest absolute Gasteiger partial charge is 0.326 e. The molecule has 1 aromatic heterocycles. The first-order chi connectivity index (χ1) is 6.18. The van der Waals surface area contributed by atoms with Crippen LogP contribution in [-0.2, 0) is 7.05 Å². The fraction of sp³-hybridized carbons (Fsp3) is 0.667. The van der Waals surface area contributed by atoms with Crippen LogP contribution >= 0.6 is 0 Å². The van der Waals surface area contributed by atoms with E-state index in [4.69, 9.17) is 5.73 Å². The Morgan fingerprint density at radius 3 is 2.77 bits per heavy atom. The number of aryl methyl sites for hydroxylation is 1. The molecule has 4 nitrogen and oxygen atoms in total. The summed E-state index contributed by atoms with van der Waals surface area (Å²) in [6, 6.07) is 2.83. The van der Waals surface area contributed by atoms with Crippen molar-refractivity contribution >= 4 is 0 Å². The summed E-state index contributed by atoms with van der Waals surface area (Å²) in [7, 11) is 4.09. The molecule has 2 N–H and O–H groups in total. The Bertz CT molecular complexity index is 294. The van der Waals surface area contributed by atoms with Gasteiger partial charge in [0.05, 0.1) is 11.7 Å². The summed E-state index contributed by atoms with van der Waals surface area (Å²) in [4.78, 5) is 2.29. The van der Waals surface area contributed by atoms with Crippen LogP contribution in [0.4, 0.5) is 0 Å². The molecule has 0 saturated carbocycles. The predicted octanol–water partition coefficient (Wildman–Crippen LogP) is 0.124. The predicted molar refractivity (Wildman–Crippen MR) is 51.2 cm³/mol. The van der Waals surface area contributed by atoms with Gasteiger partial charge in [0.25, 0.3) is 0 Å². The minimum atomic E-state index is 0.310. The lowest BCUT2D eigenvalue weighted by molar-refractivity contribution is 0.303. The smallest absolute Gasteiger partial charge is 0.0552 e. The number of nitrogens with two attached hydrogens (primary N) is 1. The van der Waals surface area contributed by atoms with Crippen LogP contribution in [0, 0.1) is 0 Å². The molecular weight excluding hydrogens is 164 g/mol. The van der Waals surface area contributed by atoms with Crippen molar-refractivity contribution in [2.45, 2.75) is 18.5 Å². The maximum absolute atomic E-state index is 5.90. The average Bonchev–Trinajstić information content (AvgIpc) is 2.58. The first-order valence-corrected chi connectivity index (χ1v) is 4.62. The Balaban J connectivity index is 2.22. The molecule has 0 spiro atoms. The Labute approximate surface area is 78.3 Å². The number of hydrogen-bond acceptors (Lipinski definition) is 3. The van der Waals surface area contributed by atoms with Gasteiger partial charge in [-0.3, -0.25) is 9.58 Å². The highest BCUT2D eigenvalue weighted by Gasteiger charge is 2.29. The maximum atomic E-state index is 5.90. The molecule has 1 aromatic rings. The topological polar surface area (TPSA) is 47.1 Å². The quantitative estimate of drug-likeness (QED) is 0.668. The van der Waals surface area contributed by atoms with Gasteiger partial charge in [-0.25, -0.2) is 0 Å². The molecule has 1 saturated heterocycles. The first kappa shape index (κ1) is 8.72. The zero-order chi connectivity index (χ0) is 9.42. The molecule has 1 fully saturated rings. The summed E-state index contributed by atoms with van der Waals surface area (Å²) in [6.07, 6.45) is 2.88. The van der Waals surface area contributed by atoms with Gasteiger partial charge in [0.1, 0.15) is 0 Å². The second-order valence-electron chi connectivity index (χ2n) is 3.83. The molecule has 1 aliphatic heterocycles. The van der Waals surface area contributed by atoms with Crippen molar-refractivity contribution < 1.29 is 0 Å². The molecule has 0 aromatic carbocycles. The van der Waals surface area contributed by atoms with Gasteiger partial charge in [-0.2, -0.15) is 5.10 Å². The molecule has 2 rings (SSSR count). The van der Waals surface area contributed by atoms with Crippen LogP contribution in [0.5, 0.6) is 0 Å². The van der Waals surface area contributed by atoms with Gasteiger partial charge < -0.3 is 5.73 Å². The van der Waals surface area contributed by atoms with E-state index in [2.05, 4.69) is 23.1 Å². The number of hydrogen-bond donors (Lipinski definition) is 1. The SMILES string of the molecule is CN1CC(N)CC1c1ccnn1C. The van der Waals surface area contributed by atoms with Crippen molar-refractivity contribution in [1.29, 1.82) is 0 Å². The minimum Gasteiger partial charge on any atom is -0.326 e. The Morgan fingerprint density at radius 1 is 1.54 bits per heavy atom. The van der Waals surface area contributed by atoms with Crippen molar-refractivity contribution in [3.05, 3.63) is 18.0 Å². The van der Waals surface area contributed by atoms with Crippen molar-refractivity contribution in [3.63, 3.8) is 0 Å². The van der Waals surface area contributed by atoms with E-state index in [1.807, 2.05) is 17.9 Å². The summed E-state index contributed by atoms with van der Waals surface area (Å²) in [5.74, 6) is 0.